The molecule has 108 valence electrons. The van der Waals surface area contributed by atoms with E-state index in [-0.39, 0.29) is 30.2 Å². The summed E-state index contributed by atoms with van der Waals surface area (Å²) in [5.41, 5.74) is 4.82. The minimum absolute atomic E-state index is 0.117. The first-order chi connectivity index (χ1) is 9.32. The van der Waals surface area contributed by atoms with Crippen molar-refractivity contribution in [3.05, 3.63) is 28.3 Å². The van der Waals surface area contributed by atoms with E-state index in [2.05, 4.69) is 5.32 Å². The van der Waals surface area contributed by atoms with Crippen LogP contribution in [0, 0.1) is 10.1 Å². The first kappa shape index (κ1) is 14.2. The van der Waals surface area contributed by atoms with Gasteiger partial charge in [-0.1, -0.05) is 0 Å². The van der Waals surface area contributed by atoms with E-state index < -0.39 is 26.5 Å². The van der Waals surface area contributed by atoms with Crippen LogP contribution in [-0.2, 0) is 14.8 Å². The molecule has 1 aliphatic rings. The summed E-state index contributed by atoms with van der Waals surface area (Å²) in [4.78, 5) is 21.0. The molecule has 1 saturated heterocycles. The summed E-state index contributed by atoms with van der Waals surface area (Å²) in [6, 6.07) is 3.25. The molecule has 20 heavy (non-hydrogen) atoms. The molecule has 0 spiro atoms. The topological polar surface area (TPSA) is 136 Å². The molecule has 0 atom stereocenters. The smallest absolute Gasteiger partial charge is 0.293 e. The molecule has 2 rings (SSSR count). The normalized spacial score (nSPS) is 16.7. The molecule has 0 unspecified atom stereocenters. The van der Waals surface area contributed by atoms with Crippen LogP contribution in [0.3, 0.4) is 0 Å². The third kappa shape index (κ3) is 2.56. The summed E-state index contributed by atoms with van der Waals surface area (Å²) in [6.45, 7) is 0.0158. The van der Waals surface area contributed by atoms with E-state index in [9.17, 15) is 23.3 Å². The number of nitrogens with zero attached hydrogens (tertiary/aromatic N) is 2. The van der Waals surface area contributed by atoms with Crippen LogP contribution in [-0.4, -0.2) is 43.2 Å². The van der Waals surface area contributed by atoms with Gasteiger partial charge in [0, 0.05) is 19.2 Å². The minimum atomic E-state index is -3.96. The molecule has 0 aliphatic carbocycles. The Morgan fingerprint density at radius 3 is 2.70 bits per heavy atom. The molecular weight excluding hydrogens is 288 g/mol. The Morgan fingerprint density at radius 2 is 2.10 bits per heavy atom. The number of nitro benzene ring substituents is 1. The third-order valence-electron chi connectivity index (χ3n) is 2.84. The lowest BCUT2D eigenvalue weighted by molar-refractivity contribution is -0.384. The Morgan fingerprint density at radius 1 is 1.40 bits per heavy atom. The highest BCUT2D eigenvalue weighted by molar-refractivity contribution is 7.89. The van der Waals surface area contributed by atoms with Crippen LogP contribution in [0.25, 0.3) is 0 Å². The average molecular weight is 300 g/mol. The number of rotatable bonds is 3. The Balaban J connectivity index is 2.41. The van der Waals surface area contributed by atoms with Gasteiger partial charge in [0.15, 0.2) is 0 Å². The van der Waals surface area contributed by atoms with Gasteiger partial charge >= 0.3 is 0 Å². The van der Waals surface area contributed by atoms with Crippen LogP contribution >= 0.6 is 0 Å². The zero-order chi connectivity index (χ0) is 14.9. The fraction of sp³-hybridized carbons (Fsp3) is 0.300. The SMILES string of the molecule is Nc1ccc(S(=O)(=O)N2CCNC(=O)C2)cc1[N+](=O)[O-]. The Kier molecular flexibility index (Phi) is 3.59. The Bertz CT molecular complexity index is 672. The number of sulfonamides is 1. The summed E-state index contributed by atoms with van der Waals surface area (Å²) < 4.78 is 25.6. The number of hydrogen-bond acceptors (Lipinski definition) is 6. The summed E-state index contributed by atoms with van der Waals surface area (Å²) in [6.07, 6.45) is 0. The summed E-state index contributed by atoms with van der Waals surface area (Å²) in [5, 5.41) is 13.3. The van der Waals surface area contributed by atoms with Gasteiger partial charge in [0.05, 0.1) is 16.4 Å². The van der Waals surface area contributed by atoms with E-state index in [0.717, 1.165) is 16.4 Å². The molecular formula is C10H12N4O5S. The molecule has 0 aromatic heterocycles. The lowest BCUT2D eigenvalue weighted by atomic mass is 10.3. The molecule has 1 aromatic rings. The van der Waals surface area contributed by atoms with Crippen molar-refractivity contribution in [3.63, 3.8) is 0 Å². The van der Waals surface area contributed by atoms with Crippen molar-refractivity contribution in [3.8, 4) is 0 Å². The van der Waals surface area contributed by atoms with Gasteiger partial charge in [0.2, 0.25) is 15.9 Å². The second-order valence-electron chi connectivity index (χ2n) is 4.17. The van der Waals surface area contributed by atoms with Crippen LogP contribution in [0.15, 0.2) is 23.1 Å². The van der Waals surface area contributed by atoms with E-state index in [0.29, 0.717) is 0 Å². The van der Waals surface area contributed by atoms with Crippen LogP contribution in [0.2, 0.25) is 0 Å². The zero-order valence-corrected chi connectivity index (χ0v) is 11.1. The molecule has 10 heteroatoms. The van der Waals surface area contributed by atoms with E-state index in [1.54, 1.807) is 0 Å². The van der Waals surface area contributed by atoms with Crippen molar-refractivity contribution in [2.45, 2.75) is 4.90 Å². The molecule has 0 bridgehead atoms. The first-order valence-corrected chi connectivity index (χ1v) is 7.07. The number of piperazine rings is 1. The van der Waals surface area contributed by atoms with Crippen LogP contribution in [0.4, 0.5) is 11.4 Å². The predicted octanol–water partition coefficient (Wildman–Crippen LogP) is -0.702. The largest absolute Gasteiger partial charge is 0.393 e. The standard InChI is InChI=1S/C10H12N4O5S/c11-8-2-1-7(5-9(8)14(16)17)20(18,19)13-4-3-12-10(15)6-13/h1-2,5H,3-4,6,11H2,(H,12,15). The molecule has 1 heterocycles. The molecule has 1 aliphatic heterocycles. The van der Waals surface area contributed by atoms with Gasteiger partial charge in [0.1, 0.15) is 5.69 Å². The quantitative estimate of drug-likeness (QED) is 0.430. The number of anilines is 1. The maximum atomic E-state index is 12.3. The maximum absolute atomic E-state index is 12.3. The van der Waals surface area contributed by atoms with Crippen molar-refractivity contribution < 1.29 is 18.1 Å². The fourth-order valence-corrected chi connectivity index (χ4v) is 3.23. The first-order valence-electron chi connectivity index (χ1n) is 5.63. The molecule has 1 fully saturated rings. The van der Waals surface area contributed by atoms with Crippen molar-refractivity contribution >= 4 is 27.3 Å². The van der Waals surface area contributed by atoms with Crippen molar-refractivity contribution in [2.24, 2.45) is 0 Å². The number of nitro groups is 1. The number of nitrogens with two attached hydrogens (primary N) is 1. The molecule has 3 N–H and O–H groups in total. The lowest BCUT2D eigenvalue weighted by Crippen LogP contribution is -2.49. The second-order valence-corrected chi connectivity index (χ2v) is 6.10. The van der Waals surface area contributed by atoms with Gasteiger partial charge in [0.25, 0.3) is 5.69 Å². The highest BCUT2D eigenvalue weighted by atomic mass is 32.2. The van der Waals surface area contributed by atoms with Crippen LogP contribution < -0.4 is 11.1 Å². The van der Waals surface area contributed by atoms with Gasteiger partial charge in [-0.05, 0) is 12.1 Å². The highest BCUT2D eigenvalue weighted by Crippen LogP contribution is 2.26. The highest BCUT2D eigenvalue weighted by Gasteiger charge is 2.30. The van der Waals surface area contributed by atoms with Gasteiger partial charge < -0.3 is 11.1 Å². The van der Waals surface area contributed by atoms with E-state index >= 15 is 0 Å². The molecule has 0 radical (unpaired) electrons. The predicted molar refractivity (Wildman–Crippen MR) is 69.3 cm³/mol. The van der Waals surface area contributed by atoms with Gasteiger partial charge in [-0.15, -0.1) is 0 Å². The van der Waals surface area contributed by atoms with Gasteiger partial charge in [-0.3, -0.25) is 14.9 Å². The van der Waals surface area contributed by atoms with E-state index in [4.69, 9.17) is 5.73 Å². The molecule has 1 aromatic carbocycles. The molecule has 0 saturated carbocycles. The summed E-state index contributed by atoms with van der Waals surface area (Å²) in [7, 11) is -3.96. The third-order valence-corrected chi connectivity index (χ3v) is 4.68. The minimum Gasteiger partial charge on any atom is -0.393 e. The van der Waals surface area contributed by atoms with E-state index in [1.807, 2.05) is 0 Å². The van der Waals surface area contributed by atoms with E-state index in [1.165, 1.54) is 6.07 Å². The van der Waals surface area contributed by atoms with Gasteiger partial charge in [-0.25, -0.2) is 8.42 Å². The van der Waals surface area contributed by atoms with Crippen molar-refractivity contribution in [1.82, 2.24) is 9.62 Å². The van der Waals surface area contributed by atoms with Crippen LogP contribution in [0.1, 0.15) is 0 Å². The number of carbonyl (C=O) groups is 1. The average Bonchev–Trinajstić information content (AvgIpc) is 2.38. The van der Waals surface area contributed by atoms with Crippen LogP contribution in [0.5, 0.6) is 0 Å². The Hall–Kier alpha value is -2.20. The van der Waals surface area contributed by atoms with Crippen molar-refractivity contribution in [1.29, 1.82) is 0 Å². The Labute approximate surface area is 114 Å². The monoisotopic (exact) mass is 300 g/mol. The number of nitrogen functional groups attached to an aromatic ring is 1. The molecule has 9 nitrogen and oxygen atoms in total. The lowest BCUT2D eigenvalue weighted by Gasteiger charge is -2.25. The fourth-order valence-electron chi connectivity index (χ4n) is 1.81. The zero-order valence-electron chi connectivity index (χ0n) is 10.3. The number of benzene rings is 1. The summed E-state index contributed by atoms with van der Waals surface area (Å²) in [5.74, 6) is -0.412. The number of carbonyl (C=O) groups excluding carboxylic acids is 1. The van der Waals surface area contributed by atoms with Gasteiger partial charge in [-0.2, -0.15) is 4.31 Å². The number of hydrogen-bond donors (Lipinski definition) is 2. The number of amides is 1. The number of nitrogens with one attached hydrogen (secondary N) is 1. The maximum Gasteiger partial charge on any atom is 0.293 e. The molecule has 1 amide bonds. The van der Waals surface area contributed by atoms with Crippen molar-refractivity contribution in [2.75, 3.05) is 25.4 Å². The summed E-state index contributed by atoms with van der Waals surface area (Å²) >= 11 is 0. The second kappa shape index (κ2) is 5.06.